The number of carbonyl (C=O) groups is 1. The van der Waals surface area contributed by atoms with Gasteiger partial charge in [-0.3, -0.25) is 0 Å². The van der Waals surface area contributed by atoms with Crippen LogP contribution in [0.4, 0.5) is 0 Å². The van der Waals surface area contributed by atoms with Crippen molar-refractivity contribution in [1.29, 1.82) is 0 Å². The van der Waals surface area contributed by atoms with E-state index < -0.39 is 18.1 Å². The number of H-pyrrole nitrogens is 2. The van der Waals surface area contributed by atoms with Gasteiger partial charge in [-0.05, 0) is 12.2 Å². The zero-order chi connectivity index (χ0) is 12.5. The minimum atomic E-state index is -1.13. The summed E-state index contributed by atoms with van der Waals surface area (Å²) in [5.41, 5.74) is 0.380. The van der Waals surface area contributed by atoms with Crippen molar-refractivity contribution in [3.8, 4) is 0 Å². The number of carboxylic acids is 1. The number of aliphatic hydroxyl groups excluding tert-OH is 1. The predicted molar refractivity (Wildman–Crippen MR) is 60.4 cm³/mol. The van der Waals surface area contributed by atoms with Crippen molar-refractivity contribution in [3.05, 3.63) is 16.7 Å². The molecule has 1 rings (SSSR count). The highest BCUT2D eigenvalue weighted by Crippen LogP contribution is 2.21. The van der Waals surface area contributed by atoms with E-state index in [4.69, 9.17) is 17.3 Å². The third-order valence-electron chi connectivity index (χ3n) is 2.32. The second-order valence-corrected chi connectivity index (χ2v) is 4.95. The summed E-state index contributed by atoms with van der Waals surface area (Å²) in [6.07, 6.45) is 0.351. The van der Waals surface area contributed by atoms with Crippen LogP contribution in [0.2, 0.25) is 0 Å². The van der Waals surface area contributed by atoms with Gasteiger partial charge in [-0.1, -0.05) is 0 Å². The first-order valence-corrected chi connectivity index (χ1v) is 5.14. The second-order valence-electron chi connectivity index (χ2n) is 4.54. The monoisotopic (exact) mass is 246 g/mol. The fourth-order valence-electron chi connectivity index (χ4n) is 1.57. The van der Waals surface area contributed by atoms with Gasteiger partial charge in [-0.15, -0.1) is 0 Å². The highest BCUT2D eigenvalue weighted by atomic mass is 32.1. The average Bonchev–Trinajstić information content (AvgIpc) is 2.48. The lowest BCUT2D eigenvalue weighted by molar-refractivity contribution is -0.891. The van der Waals surface area contributed by atoms with E-state index in [1.807, 2.05) is 0 Å². The Labute approximate surface area is 98.1 Å². The number of nitrogens with zero attached hydrogens (tertiary/aromatic N) is 1. The van der Waals surface area contributed by atoms with Gasteiger partial charge < -0.3 is 24.7 Å². The highest BCUT2D eigenvalue weighted by Gasteiger charge is 2.39. The van der Waals surface area contributed by atoms with Crippen LogP contribution in [0.5, 0.6) is 0 Å². The minimum Gasteiger partial charge on any atom is -0.477 e. The molecule has 16 heavy (non-hydrogen) atoms. The van der Waals surface area contributed by atoms with Gasteiger partial charge in [0.1, 0.15) is 0 Å². The molecule has 0 aliphatic heterocycles. The Hall–Kier alpha value is -1.18. The maximum atomic E-state index is 11.1. The Bertz CT molecular complexity index is 432. The second kappa shape index (κ2) is 4.36. The SMILES string of the molecule is C[N+](C)(C)[C@H](C(=O)O)[C@H](O)c1c[nH]c(=S)[nH]1. The molecule has 7 heteroatoms. The third-order valence-corrected chi connectivity index (χ3v) is 2.54. The van der Waals surface area contributed by atoms with Gasteiger partial charge in [0.15, 0.2) is 10.9 Å². The summed E-state index contributed by atoms with van der Waals surface area (Å²) >= 11 is 4.82. The molecule has 0 saturated carbocycles. The number of aromatic amines is 2. The number of likely N-dealkylation sites (N-methyl/N-ethyl adjacent to an activating group) is 1. The fourth-order valence-corrected chi connectivity index (χ4v) is 1.74. The quantitative estimate of drug-likeness (QED) is 0.453. The van der Waals surface area contributed by atoms with Gasteiger partial charge in [0.25, 0.3) is 0 Å². The molecule has 0 unspecified atom stereocenters. The molecule has 1 heterocycles. The standard InChI is InChI=1S/C9H15N3O3S/c1-12(2,3)6(8(14)15)7(13)5-4-10-9(16)11-5/h4,6-7,13H,1-3H3,(H2-,10,11,14,15,16)/p+1/t6-,7+/m0/s1. The first kappa shape index (κ1) is 12.9. The van der Waals surface area contributed by atoms with Gasteiger partial charge in [0.2, 0.25) is 6.04 Å². The largest absolute Gasteiger partial charge is 0.477 e. The van der Waals surface area contributed by atoms with Crippen molar-refractivity contribution >= 4 is 18.2 Å². The van der Waals surface area contributed by atoms with Crippen LogP contribution in [0.15, 0.2) is 6.20 Å². The van der Waals surface area contributed by atoms with Crippen LogP contribution in [-0.4, -0.2) is 57.8 Å². The molecule has 1 aromatic heterocycles. The van der Waals surface area contributed by atoms with E-state index in [1.54, 1.807) is 21.1 Å². The van der Waals surface area contributed by atoms with Crippen molar-refractivity contribution in [1.82, 2.24) is 9.97 Å². The number of quaternary nitrogens is 1. The van der Waals surface area contributed by atoms with Crippen LogP contribution in [0, 0.1) is 4.77 Å². The summed E-state index contributed by atoms with van der Waals surface area (Å²) in [6, 6.07) is -0.957. The van der Waals surface area contributed by atoms with Crippen molar-refractivity contribution < 1.29 is 19.5 Å². The van der Waals surface area contributed by atoms with Crippen LogP contribution in [0.25, 0.3) is 0 Å². The number of aliphatic hydroxyl groups is 1. The van der Waals surface area contributed by atoms with Gasteiger partial charge in [0, 0.05) is 6.20 Å². The molecule has 0 radical (unpaired) electrons. The molecule has 1 aromatic rings. The molecule has 0 aliphatic carbocycles. The summed E-state index contributed by atoms with van der Waals surface area (Å²) in [6.45, 7) is 0. The van der Waals surface area contributed by atoms with E-state index in [2.05, 4.69) is 9.97 Å². The fraction of sp³-hybridized carbons (Fsp3) is 0.556. The van der Waals surface area contributed by atoms with Crippen molar-refractivity contribution in [2.45, 2.75) is 12.1 Å². The number of nitrogens with one attached hydrogen (secondary N) is 2. The Kier molecular flexibility index (Phi) is 3.51. The van der Waals surface area contributed by atoms with Crippen LogP contribution >= 0.6 is 12.2 Å². The first-order valence-electron chi connectivity index (χ1n) is 4.73. The lowest BCUT2D eigenvalue weighted by Crippen LogP contribution is -2.53. The third kappa shape index (κ3) is 2.69. The Morgan fingerprint density at radius 2 is 2.06 bits per heavy atom. The van der Waals surface area contributed by atoms with Gasteiger partial charge in [-0.25, -0.2) is 4.79 Å². The minimum absolute atomic E-state index is 0.113. The summed E-state index contributed by atoms with van der Waals surface area (Å²) < 4.78 is 0.474. The van der Waals surface area contributed by atoms with Crippen molar-refractivity contribution in [2.75, 3.05) is 21.1 Å². The summed E-state index contributed by atoms with van der Waals surface area (Å²) in [5.74, 6) is -1.06. The molecule has 0 aromatic carbocycles. The van der Waals surface area contributed by atoms with Crippen molar-refractivity contribution in [2.24, 2.45) is 0 Å². The number of aliphatic carboxylic acids is 1. The van der Waals surface area contributed by atoms with E-state index in [9.17, 15) is 9.90 Å². The van der Waals surface area contributed by atoms with E-state index in [0.29, 0.717) is 10.5 Å². The Morgan fingerprint density at radius 3 is 2.38 bits per heavy atom. The first-order chi connectivity index (χ1) is 7.23. The van der Waals surface area contributed by atoms with Crippen LogP contribution in [-0.2, 0) is 4.79 Å². The molecular weight excluding hydrogens is 230 g/mol. The predicted octanol–water partition coefficient (Wildman–Crippen LogP) is 0.265. The number of hydrogen-bond donors (Lipinski definition) is 4. The van der Waals surface area contributed by atoms with Gasteiger partial charge in [0.05, 0.1) is 26.8 Å². The summed E-state index contributed by atoms with van der Waals surface area (Å²) in [4.78, 5) is 16.6. The normalized spacial score (nSPS) is 15.8. The van der Waals surface area contributed by atoms with Crippen LogP contribution in [0.1, 0.15) is 11.8 Å². The molecule has 0 spiro atoms. The van der Waals surface area contributed by atoms with Gasteiger partial charge >= 0.3 is 5.97 Å². The van der Waals surface area contributed by atoms with E-state index >= 15 is 0 Å². The average molecular weight is 246 g/mol. The molecule has 0 fully saturated rings. The molecule has 6 nitrogen and oxygen atoms in total. The van der Waals surface area contributed by atoms with Crippen LogP contribution in [0.3, 0.4) is 0 Å². The van der Waals surface area contributed by atoms with E-state index in [1.165, 1.54) is 6.20 Å². The molecule has 0 bridgehead atoms. The summed E-state index contributed by atoms with van der Waals surface area (Å²) in [5, 5.41) is 19.1. The Balaban J connectivity index is 3.05. The lowest BCUT2D eigenvalue weighted by Gasteiger charge is -2.33. The molecular formula is C9H16N3O3S+. The maximum absolute atomic E-state index is 11.1. The summed E-state index contributed by atoms with van der Waals surface area (Å²) in [7, 11) is 5.13. The molecule has 2 atom stereocenters. The molecule has 90 valence electrons. The van der Waals surface area contributed by atoms with Crippen molar-refractivity contribution in [3.63, 3.8) is 0 Å². The number of aromatic nitrogens is 2. The molecule has 4 N–H and O–H groups in total. The topological polar surface area (TPSA) is 89.1 Å². The number of carboxylic acid groups (broad SMARTS) is 1. The highest BCUT2D eigenvalue weighted by molar-refractivity contribution is 7.71. The molecule has 0 amide bonds. The Morgan fingerprint density at radius 1 is 1.50 bits per heavy atom. The molecule has 0 aliphatic rings. The zero-order valence-electron chi connectivity index (χ0n) is 9.39. The van der Waals surface area contributed by atoms with E-state index in [-0.39, 0.29) is 4.48 Å². The number of imidazole rings is 1. The number of hydrogen-bond acceptors (Lipinski definition) is 3. The van der Waals surface area contributed by atoms with Gasteiger partial charge in [-0.2, -0.15) is 0 Å². The maximum Gasteiger partial charge on any atom is 0.365 e. The van der Waals surface area contributed by atoms with E-state index in [0.717, 1.165) is 0 Å². The smallest absolute Gasteiger partial charge is 0.365 e. The zero-order valence-corrected chi connectivity index (χ0v) is 10.2. The molecule has 0 saturated heterocycles. The van der Waals surface area contributed by atoms with Crippen LogP contribution < -0.4 is 0 Å². The lowest BCUT2D eigenvalue weighted by atomic mass is 10.1. The number of rotatable bonds is 4.